The Morgan fingerprint density at radius 1 is 1.44 bits per heavy atom. The number of nitrogens with zero attached hydrogens (tertiary/aromatic N) is 1. The molecule has 1 rings (SSSR count). The molecule has 1 N–H and O–H groups in total. The lowest BCUT2D eigenvalue weighted by molar-refractivity contribution is -0.385. The number of carbonyl (C=O) groups excluding carboxylic acids is 1. The lowest BCUT2D eigenvalue weighted by Crippen LogP contribution is -2.25. The predicted molar refractivity (Wildman–Crippen MR) is 60.8 cm³/mol. The van der Waals surface area contributed by atoms with Crippen molar-refractivity contribution in [3.05, 3.63) is 39.9 Å². The Morgan fingerprint density at radius 3 is 2.75 bits per heavy atom. The number of nitro groups is 1. The first-order valence-electron chi connectivity index (χ1n) is 4.74. The van der Waals surface area contributed by atoms with Crippen molar-refractivity contribution in [2.24, 2.45) is 0 Å². The average molecular weight is 243 g/mol. The van der Waals surface area contributed by atoms with E-state index in [1.807, 2.05) is 0 Å². The van der Waals surface area contributed by atoms with E-state index in [9.17, 15) is 14.9 Å². The van der Waals surface area contributed by atoms with Crippen LogP contribution in [-0.2, 0) is 0 Å². The average Bonchev–Trinajstić information content (AvgIpc) is 2.29. The third-order valence-corrected chi connectivity index (χ3v) is 2.21. The quantitative estimate of drug-likeness (QED) is 0.371. The highest BCUT2D eigenvalue weighted by Gasteiger charge is 2.18. The van der Waals surface area contributed by atoms with Gasteiger partial charge in [0.15, 0.2) is 0 Å². The van der Waals surface area contributed by atoms with Crippen LogP contribution < -0.4 is 5.32 Å². The molecule has 86 valence electrons. The molecule has 0 aromatic heterocycles. The van der Waals surface area contributed by atoms with Crippen LogP contribution in [0.1, 0.15) is 16.8 Å². The summed E-state index contributed by atoms with van der Waals surface area (Å²) in [5, 5.41) is 13.2. The number of carbonyl (C=O) groups is 1. The molecule has 0 aliphatic heterocycles. The van der Waals surface area contributed by atoms with E-state index in [4.69, 9.17) is 11.6 Å². The van der Waals surface area contributed by atoms with E-state index in [1.54, 1.807) is 6.07 Å². The number of rotatable bonds is 5. The van der Waals surface area contributed by atoms with Gasteiger partial charge < -0.3 is 5.32 Å². The van der Waals surface area contributed by atoms with Gasteiger partial charge in [-0.05, 0) is 12.5 Å². The summed E-state index contributed by atoms with van der Waals surface area (Å²) >= 11 is 5.45. The van der Waals surface area contributed by atoms with Crippen LogP contribution in [0.25, 0.3) is 0 Å². The molecule has 0 atom stereocenters. The summed E-state index contributed by atoms with van der Waals surface area (Å²) in [6, 6.07) is 5.84. The fourth-order valence-corrected chi connectivity index (χ4v) is 1.32. The molecule has 5 nitrogen and oxygen atoms in total. The van der Waals surface area contributed by atoms with Gasteiger partial charge in [-0.1, -0.05) is 12.1 Å². The van der Waals surface area contributed by atoms with Crippen molar-refractivity contribution in [2.75, 3.05) is 12.4 Å². The fourth-order valence-electron chi connectivity index (χ4n) is 1.19. The van der Waals surface area contributed by atoms with E-state index in [2.05, 4.69) is 5.32 Å². The van der Waals surface area contributed by atoms with Gasteiger partial charge in [-0.2, -0.15) is 0 Å². The molecule has 1 amide bonds. The first kappa shape index (κ1) is 12.4. The van der Waals surface area contributed by atoms with Gasteiger partial charge >= 0.3 is 0 Å². The van der Waals surface area contributed by atoms with Crippen LogP contribution >= 0.6 is 11.6 Å². The number of benzene rings is 1. The zero-order valence-electron chi connectivity index (χ0n) is 8.48. The highest BCUT2D eigenvalue weighted by Crippen LogP contribution is 2.17. The molecule has 0 aliphatic rings. The predicted octanol–water partition coefficient (Wildman–Crippen LogP) is 1.95. The highest BCUT2D eigenvalue weighted by molar-refractivity contribution is 6.17. The van der Waals surface area contributed by atoms with Crippen LogP contribution in [0.3, 0.4) is 0 Å². The maximum absolute atomic E-state index is 11.6. The molecule has 0 bridgehead atoms. The number of nitrogens with one attached hydrogen (secondary N) is 1. The van der Waals surface area contributed by atoms with E-state index in [1.165, 1.54) is 18.2 Å². The maximum Gasteiger partial charge on any atom is 0.282 e. The van der Waals surface area contributed by atoms with Crippen molar-refractivity contribution >= 4 is 23.2 Å². The summed E-state index contributed by atoms with van der Waals surface area (Å²) in [6.07, 6.45) is 0.633. The Hall–Kier alpha value is -1.62. The lowest BCUT2D eigenvalue weighted by atomic mass is 10.1. The molecule has 0 saturated carbocycles. The first-order valence-corrected chi connectivity index (χ1v) is 5.28. The normalized spacial score (nSPS) is 9.81. The molecule has 0 radical (unpaired) electrons. The number of alkyl halides is 1. The number of hydrogen-bond acceptors (Lipinski definition) is 3. The Balaban J connectivity index is 2.78. The molecule has 16 heavy (non-hydrogen) atoms. The van der Waals surface area contributed by atoms with Crippen LogP contribution in [0.5, 0.6) is 0 Å². The number of nitro benzene ring substituents is 1. The van der Waals surface area contributed by atoms with E-state index in [0.717, 1.165) is 0 Å². The zero-order chi connectivity index (χ0) is 12.0. The summed E-state index contributed by atoms with van der Waals surface area (Å²) < 4.78 is 0. The maximum atomic E-state index is 11.6. The van der Waals surface area contributed by atoms with Gasteiger partial charge in [-0.25, -0.2) is 0 Å². The Kier molecular flexibility index (Phi) is 4.72. The smallest absolute Gasteiger partial charge is 0.282 e. The van der Waals surface area contributed by atoms with Gasteiger partial charge in [0.25, 0.3) is 11.6 Å². The topological polar surface area (TPSA) is 72.2 Å². The second kappa shape index (κ2) is 6.07. The molecule has 0 fully saturated rings. The fraction of sp³-hybridized carbons (Fsp3) is 0.300. The van der Waals surface area contributed by atoms with Crippen LogP contribution in [0.15, 0.2) is 24.3 Å². The minimum Gasteiger partial charge on any atom is -0.352 e. The summed E-state index contributed by atoms with van der Waals surface area (Å²) in [7, 11) is 0. The van der Waals surface area contributed by atoms with Crippen molar-refractivity contribution in [1.82, 2.24) is 5.32 Å². The van der Waals surface area contributed by atoms with E-state index < -0.39 is 10.8 Å². The second-order valence-electron chi connectivity index (χ2n) is 3.07. The van der Waals surface area contributed by atoms with Crippen molar-refractivity contribution in [3.8, 4) is 0 Å². The monoisotopic (exact) mass is 242 g/mol. The van der Waals surface area contributed by atoms with Gasteiger partial charge in [0.2, 0.25) is 0 Å². The van der Waals surface area contributed by atoms with Gasteiger partial charge in [-0.15, -0.1) is 11.6 Å². The van der Waals surface area contributed by atoms with Gasteiger partial charge in [0.05, 0.1) is 4.92 Å². The van der Waals surface area contributed by atoms with Gasteiger partial charge in [0, 0.05) is 18.5 Å². The molecule has 0 unspecified atom stereocenters. The van der Waals surface area contributed by atoms with Gasteiger partial charge in [0.1, 0.15) is 5.56 Å². The summed E-state index contributed by atoms with van der Waals surface area (Å²) in [6.45, 7) is 0.411. The third kappa shape index (κ3) is 3.20. The lowest BCUT2D eigenvalue weighted by Gasteiger charge is -2.04. The molecule has 0 spiro atoms. The van der Waals surface area contributed by atoms with Crippen LogP contribution in [0.2, 0.25) is 0 Å². The molecule has 0 heterocycles. The van der Waals surface area contributed by atoms with Crippen molar-refractivity contribution < 1.29 is 9.72 Å². The highest BCUT2D eigenvalue weighted by atomic mass is 35.5. The SMILES string of the molecule is O=C(NCCCCl)c1ccccc1[N+](=O)[O-]. The minimum atomic E-state index is -0.573. The van der Waals surface area contributed by atoms with Crippen LogP contribution in [-0.4, -0.2) is 23.3 Å². The summed E-state index contributed by atoms with van der Waals surface area (Å²) in [4.78, 5) is 21.7. The van der Waals surface area contributed by atoms with Crippen LogP contribution in [0.4, 0.5) is 5.69 Å². The Morgan fingerprint density at radius 2 is 2.12 bits per heavy atom. The standard InChI is InChI=1S/C10H11ClN2O3/c11-6-3-7-12-10(14)8-4-1-2-5-9(8)13(15)16/h1-2,4-5H,3,6-7H2,(H,12,14). The summed E-state index contributed by atoms with van der Waals surface area (Å²) in [5.41, 5.74) is -0.118. The molecular formula is C10H11ClN2O3. The Labute approximate surface area is 97.6 Å². The second-order valence-corrected chi connectivity index (χ2v) is 3.45. The largest absolute Gasteiger partial charge is 0.352 e. The van der Waals surface area contributed by atoms with E-state index >= 15 is 0 Å². The number of hydrogen-bond donors (Lipinski definition) is 1. The molecule has 0 aliphatic carbocycles. The van der Waals surface area contributed by atoms with E-state index in [-0.39, 0.29) is 11.3 Å². The minimum absolute atomic E-state index is 0.0714. The van der Waals surface area contributed by atoms with E-state index in [0.29, 0.717) is 18.8 Å². The molecule has 0 saturated heterocycles. The zero-order valence-corrected chi connectivity index (χ0v) is 9.24. The summed E-state index contributed by atoms with van der Waals surface area (Å²) in [5.74, 6) is -0.00521. The number of halogens is 1. The molecular weight excluding hydrogens is 232 g/mol. The molecule has 6 heteroatoms. The van der Waals surface area contributed by atoms with Crippen LogP contribution in [0, 0.1) is 10.1 Å². The third-order valence-electron chi connectivity index (χ3n) is 1.94. The van der Waals surface area contributed by atoms with Gasteiger partial charge in [-0.3, -0.25) is 14.9 Å². The number of amides is 1. The molecule has 1 aromatic rings. The first-order chi connectivity index (χ1) is 7.66. The number of para-hydroxylation sites is 1. The van der Waals surface area contributed by atoms with Crippen molar-refractivity contribution in [2.45, 2.75) is 6.42 Å². The Bertz CT molecular complexity index is 395. The van der Waals surface area contributed by atoms with Crippen molar-refractivity contribution in [1.29, 1.82) is 0 Å². The van der Waals surface area contributed by atoms with Crippen molar-refractivity contribution in [3.63, 3.8) is 0 Å². The molecule has 1 aromatic carbocycles.